The van der Waals surface area contributed by atoms with Gasteiger partial charge in [-0.15, -0.1) is 0 Å². The van der Waals surface area contributed by atoms with Gasteiger partial charge in [0, 0.05) is 12.7 Å². The van der Waals surface area contributed by atoms with Crippen molar-refractivity contribution in [1.82, 2.24) is 0 Å². The third-order valence-electron chi connectivity index (χ3n) is 2.51. The summed E-state index contributed by atoms with van der Waals surface area (Å²) in [7, 11) is -3.02. The van der Waals surface area contributed by atoms with Gasteiger partial charge in [0.25, 0.3) is 0 Å². The summed E-state index contributed by atoms with van der Waals surface area (Å²) in [6.07, 6.45) is 4.35. The van der Waals surface area contributed by atoms with Crippen LogP contribution in [0.4, 0.5) is 0 Å². The first-order valence-electron chi connectivity index (χ1n) is 3.65. The maximum Gasteiger partial charge on any atom is 0.153 e. The van der Waals surface area contributed by atoms with Gasteiger partial charge in [-0.25, -0.2) is 8.42 Å². The van der Waals surface area contributed by atoms with E-state index in [2.05, 4.69) is 0 Å². The van der Waals surface area contributed by atoms with Crippen molar-refractivity contribution in [2.75, 3.05) is 6.26 Å². The van der Waals surface area contributed by atoms with Crippen molar-refractivity contribution in [3.8, 4) is 0 Å². The molecule has 0 aromatic carbocycles. The number of hydrogen-bond acceptors (Lipinski definition) is 3. The summed E-state index contributed by atoms with van der Waals surface area (Å²) in [5.41, 5.74) is 0. The number of rotatable bonds is 3. The molecule has 0 amide bonds. The lowest BCUT2D eigenvalue weighted by atomic mass is 9.82. The molecule has 0 aromatic rings. The van der Waals surface area contributed by atoms with E-state index in [1.165, 1.54) is 6.26 Å². The summed E-state index contributed by atoms with van der Waals surface area (Å²) in [4.78, 5) is 10.2. The van der Waals surface area contributed by atoms with E-state index in [1.807, 2.05) is 0 Å². The van der Waals surface area contributed by atoms with Crippen LogP contribution in [0.5, 0.6) is 0 Å². The molecule has 0 aromatic heterocycles. The summed E-state index contributed by atoms with van der Waals surface area (Å²) >= 11 is 0. The van der Waals surface area contributed by atoms with Crippen LogP contribution in [0, 0.1) is 0 Å². The third kappa shape index (κ3) is 1.31. The van der Waals surface area contributed by atoms with E-state index >= 15 is 0 Å². The number of hydrogen-bond donors (Lipinski definition) is 0. The van der Waals surface area contributed by atoms with E-state index in [9.17, 15) is 13.2 Å². The molecular formula is C7H12O3S. The third-order valence-corrected chi connectivity index (χ3v) is 4.65. The first kappa shape index (κ1) is 8.71. The molecule has 1 rings (SSSR count). The van der Waals surface area contributed by atoms with Gasteiger partial charge in [0.1, 0.15) is 6.29 Å². The van der Waals surface area contributed by atoms with Gasteiger partial charge in [0.05, 0.1) is 4.75 Å². The molecule has 1 saturated carbocycles. The zero-order chi connectivity index (χ0) is 8.54. The largest absolute Gasteiger partial charge is 0.303 e. The summed E-state index contributed by atoms with van der Waals surface area (Å²) in [5, 5.41) is 0. The van der Waals surface area contributed by atoms with Crippen LogP contribution in [0.2, 0.25) is 0 Å². The molecular weight excluding hydrogens is 164 g/mol. The van der Waals surface area contributed by atoms with Crippen LogP contribution in [0.3, 0.4) is 0 Å². The Bertz CT molecular complexity index is 249. The first-order valence-corrected chi connectivity index (χ1v) is 5.54. The second kappa shape index (κ2) is 2.59. The maximum absolute atomic E-state index is 11.2. The molecule has 0 aliphatic heterocycles. The number of sulfone groups is 1. The standard InChI is InChI=1S/C7H12O3S/c1-11(9,10)7(5-6-8)3-2-4-7/h6H,2-5H2,1H3. The molecule has 1 fully saturated rings. The molecule has 0 N–H and O–H groups in total. The Balaban J connectivity index is 2.84. The molecule has 0 heterocycles. The van der Waals surface area contributed by atoms with Crippen molar-refractivity contribution in [3.05, 3.63) is 0 Å². The molecule has 4 heteroatoms. The lowest BCUT2D eigenvalue weighted by molar-refractivity contribution is -0.108. The fourth-order valence-electron chi connectivity index (χ4n) is 1.45. The highest BCUT2D eigenvalue weighted by Gasteiger charge is 2.45. The SMILES string of the molecule is CS(=O)(=O)C1(CC=O)CCC1. The van der Waals surface area contributed by atoms with Gasteiger partial charge in [-0.3, -0.25) is 0 Å². The first-order chi connectivity index (χ1) is 5.02. The summed E-state index contributed by atoms with van der Waals surface area (Å²) in [6.45, 7) is 0. The van der Waals surface area contributed by atoms with Crippen molar-refractivity contribution < 1.29 is 13.2 Å². The molecule has 0 saturated heterocycles. The topological polar surface area (TPSA) is 51.2 Å². The monoisotopic (exact) mass is 176 g/mol. The fourth-order valence-corrected chi connectivity index (χ4v) is 2.85. The minimum atomic E-state index is -3.02. The van der Waals surface area contributed by atoms with Crippen LogP contribution in [0.15, 0.2) is 0 Å². The Hall–Kier alpha value is -0.380. The molecule has 3 nitrogen and oxygen atoms in total. The minimum Gasteiger partial charge on any atom is -0.303 e. The second-order valence-electron chi connectivity index (χ2n) is 3.18. The van der Waals surface area contributed by atoms with Gasteiger partial charge < -0.3 is 4.79 Å². The fraction of sp³-hybridized carbons (Fsp3) is 0.857. The zero-order valence-corrected chi connectivity index (χ0v) is 7.36. The van der Waals surface area contributed by atoms with Crippen LogP contribution in [0.1, 0.15) is 25.7 Å². The lowest BCUT2D eigenvalue weighted by Gasteiger charge is -2.38. The summed E-state index contributed by atoms with van der Waals surface area (Å²) < 4.78 is 21.6. The molecule has 0 spiro atoms. The lowest BCUT2D eigenvalue weighted by Crippen LogP contribution is -2.44. The van der Waals surface area contributed by atoms with E-state index in [-0.39, 0.29) is 6.42 Å². The highest BCUT2D eigenvalue weighted by atomic mass is 32.2. The van der Waals surface area contributed by atoms with E-state index in [0.717, 1.165) is 6.42 Å². The molecule has 1 aliphatic rings. The Morgan fingerprint density at radius 1 is 1.45 bits per heavy atom. The van der Waals surface area contributed by atoms with Gasteiger partial charge >= 0.3 is 0 Å². The molecule has 64 valence electrons. The van der Waals surface area contributed by atoms with E-state index < -0.39 is 14.6 Å². The van der Waals surface area contributed by atoms with Gasteiger partial charge in [0.2, 0.25) is 0 Å². The van der Waals surface area contributed by atoms with Crippen molar-refractivity contribution in [3.63, 3.8) is 0 Å². The maximum atomic E-state index is 11.2. The van der Waals surface area contributed by atoms with Crippen molar-refractivity contribution >= 4 is 16.1 Å². The smallest absolute Gasteiger partial charge is 0.153 e. The predicted octanol–water partition coefficient (Wildman–Crippen LogP) is 0.543. The van der Waals surface area contributed by atoms with E-state index in [4.69, 9.17) is 0 Å². The van der Waals surface area contributed by atoms with Gasteiger partial charge in [-0.1, -0.05) is 6.42 Å². The molecule has 1 aliphatic carbocycles. The molecule has 0 atom stereocenters. The van der Waals surface area contributed by atoms with E-state index in [0.29, 0.717) is 19.1 Å². The second-order valence-corrected chi connectivity index (χ2v) is 5.59. The zero-order valence-electron chi connectivity index (χ0n) is 6.54. The minimum absolute atomic E-state index is 0.172. The van der Waals surface area contributed by atoms with Crippen molar-refractivity contribution in [2.45, 2.75) is 30.4 Å². The Morgan fingerprint density at radius 2 is 2.00 bits per heavy atom. The average Bonchev–Trinajstić information content (AvgIpc) is 1.75. The van der Waals surface area contributed by atoms with Crippen molar-refractivity contribution in [1.29, 1.82) is 0 Å². The van der Waals surface area contributed by atoms with Gasteiger partial charge in [-0.05, 0) is 12.8 Å². The summed E-state index contributed by atoms with van der Waals surface area (Å²) in [6, 6.07) is 0. The molecule has 0 bridgehead atoms. The number of aldehydes is 1. The average molecular weight is 176 g/mol. The number of carbonyl (C=O) groups is 1. The van der Waals surface area contributed by atoms with E-state index in [1.54, 1.807) is 0 Å². The van der Waals surface area contributed by atoms with Gasteiger partial charge in [-0.2, -0.15) is 0 Å². The van der Waals surface area contributed by atoms with Crippen LogP contribution in [-0.2, 0) is 14.6 Å². The van der Waals surface area contributed by atoms with Crippen molar-refractivity contribution in [2.24, 2.45) is 0 Å². The summed E-state index contributed by atoms with van der Waals surface area (Å²) in [5.74, 6) is 0. The van der Waals surface area contributed by atoms with Crippen LogP contribution in [-0.4, -0.2) is 25.7 Å². The highest BCUT2D eigenvalue weighted by Crippen LogP contribution is 2.40. The Kier molecular flexibility index (Phi) is 2.05. The Labute approximate surface area is 66.7 Å². The Morgan fingerprint density at radius 3 is 2.09 bits per heavy atom. The normalized spacial score (nSPS) is 22.3. The molecule has 0 unspecified atom stereocenters. The van der Waals surface area contributed by atoms with Gasteiger partial charge in [0.15, 0.2) is 9.84 Å². The van der Waals surface area contributed by atoms with Crippen LogP contribution >= 0.6 is 0 Å². The predicted molar refractivity (Wildman–Crippen MR) is 42.1 cm³/mol. The highest BCUT2D eigenvalue weighted by molar-refractivity contribution is 7.92. The number of carbonyl (C=O) groups excluding carboxylic acids is 1. The van der Waals surface area contributed by atoms with Crippen LogP contribution in [0.25, 0.3) is 0 Å². The molecule has 0 radical (unpaired) electrons. The van der Waals surface area contributed by atoms with Crippen LogP contribution < -0.4 is 0 Å². The molecule has 11 heavy (non-hydrogen) atoms. The quantitative estimate of drug-likeness (QED) is 0.590.